The van der Waals surface area contributed by atoms with Gasteiger partial charge >= 0.3 is 5.00 Å². The van der Waals surface area contributed by atoms with Gasteiger partial charge in [0.2, 0.25) is 0 Å². The van der Waals surface area contributed by atoms with E-state index in [9.17, 15) is 10.1 Å². The number of thiophene rings is 1. The van der Waals surface area contributed by atoms with Gasteiger partial charge in [-0.1, -0.05) is 11.3 Å². The standard InChI is InChI=1S/C14H21N3O2S/c18-17(19)14-4-3-12(20-14)10-16-8-5-11(6-9-16)13-2-1-7-15-13/h3-4,11,13,15H,1-2,5-10H2. The second kappa shape index (κ2) is 6.20. The van der Waals surface area contributed by atoms with Gasteiger partial charge in [-0.3, -0.25) is 15.0 Å². The van der Waals surface area contributed by atoms with Crippen LogP contribution in [-0.4, -0.2) is 35.5 Å². The number of nitrogens with zero attached hydrogens (tertiary/aromatic N) is 2. The van der Waals surface area contributed by atoms with E-state index in [-0.39, 0.29) is 9.92 Å². The van der Waals surface area contributed by atoms with Gasteiger partial charge in [0.25, 0.3) is 0 Å². The lowest BCUT2D eigenvalue weighted by atomic mass is 9.88. The molecule has 0 spiro atoms. The number of likely N-dealkylation sites (tertiary alicyclic amines) is 1. The van der Waals surface area contributed by atoms with Crippen LogP contribution in [0.3, 0.4) is 0 Å². The Morgan fingerprint density at radius 3 is 2.75 bits per heavy atom. The van der Waals surface area contributed by atoms with E-state index in [0.717, 1.165) is 36.5 Å². The third kappa shape index (κ3) is 3.19. The fourth-order valence-electron chi connectivity index (χ4n) is 3.40. The number of hydrogen-bond acceptors (Lipinski definition) is 5. The minimum atomic E-state index is -0.299. The van der Waals surface area contributed by atoms with Crippen molar-refractivity contribution < 1.29 is 4.92 Å². The van der Waals surface area contributed by atoms with E-state index in [0.29, 0.717) is 0 Å². The van der Waals surface area contributed by atoms with Crippen molar-refractivity contribution in [2.24, 2.45) is 5.92 Å². The van der Waals surface area contributed by atoms with Gasteiger partial charge in [-0.2, -0.15) is 0 Å². The average molecular weight is 295 g/mol. The van der Waals surface area contributed by atoms with Gasteiger partial charge in [0.05, 0.1) is 4.92 Å². The zero-order valence-corrected chi connectivity index (χ0v) is 12.4. The minimum absolute atomic E-state index is 0.255. The highest BCUT2D eigenvalue weighted by Gasteiger charge is 2.28. The van der Waals surface area contributed by atoms with Crippen molar-refractivity contribution >= 4 is 16.3 Å². The van der Waals surface area contributed by atoms with Crippen molar-refractivity contribution in [2.75, 3.05) is 19.6 Å². The molecule has 1 aromatic heterocycles. The molecule has 0 bridgehead atoms. The number of nitrogens with one attached hydrogen (secondary N) is 1. The fourth-order valence-corrected chi connectivity index (χ4v) is 4.26. The van der Waals surface area contributed by atoms with Crippen molar-refractivity contribution in [3.63, 3.8) is 0 Å². The van der Waals surface area contributed by atoms with E-state index in [4.69, 9.17) is 0 Å². The van der Waals surface area contributed by atoms with Crippen LogP contribution in [-0.2, 0) is 6.54 Å². The van der Waals surface area contributed by atoms with Crippen molar-refractivity contribution in [1.29, 1.82) is 0 Å². The molecule has 2 fully saturated rings. The van der Waals surface area contributed by atoms with Gasteiger partial charge in [0, 0.05) is 23.5 Å². The topological polar surface area (TPSA) is 58.4 Å². The molecule has 0 aromatic carbocycles. The molecular formula is C14H21N3O2S. The summed E-state index contributed by atoms with van der Waals surface area (Å²) in [4.78, 5) is 13.9. The van der Waals surface area contributed by atoms with E-state index in [1.165, 1.54) is 43.6 Å². The molecule has 1 N–H and O–H groups in total. The van der Waals surface area contributed by atoms with E-state index in [1.54, 1.807) is 6.07 Å². The van der Waals surface area contributed by atoms with Gasteiger partial charge in [0.1, 0.15) is 0 Å². The summed E-state index contributed by atoms with van der Waals surface area (Å²) in [5.41, 5.74) is 0. The van der Waals surface area contributed by atoms with E-state index >= 15 is 0 Å². The van der Waals surface area contributed by atoms with Crippen LogP contribution in [0.15, 0.2) is 12.1 Å². The van der Waals surface area contributed by atoms with E-state index < -0.39 is 0 Å². The Balaban J connectivity index is 1.49. The lowest BCUT2D eigenvalue weighted by Gasteiger charge is -2.34. The molecule has 1 aromatic rings. The van der Waals surface area contributed by atoms with Gasteiger partial charge in [0.15, 0.2) is 0 Å². The second-order valence-electron chi connectivity index (χ2n) is 5.81. The maximum atomic E-state index is 10.7. The van der Waals surface area contributed by atoms with Crippen molar-refractivity contribution in [3.8, 4) is 0 Å². The summed E-state index contributed by atoms with van der Waals surface area (Å²) in [6.45, 7) is 4.29. The Kier molecular flexibility index (Phi) is 4.33. The molecule has 0 amide bonds. The molecule has 3 rings (SSSR count). The Hall–Kier alpha value is -0.980. The molecular weight excluding hydrogens is 274 g/mol. The molecule has 2 saturated heterocycles. The first kappa shape index (κ1) is 14.0. The van der Waals surface area contributed by atoms with Gasteiger partial charge in [-0.25, -0.2) is 0 Å². The molecule has 2 aliphatic heterocycles. The summed E-state index contributed by atoms with van der Waals surface area (Å²) in [5.74, 6) is 0.825. The second-order valence-corrected chi connectivity index (χ2v) is 6.96. The lowest BCUT2D eigenvalue weighted by molar-refractivity contribution is -0.380. The van der Waals surface area contributed by atoms with Crippen molar-refractivity contribution in [2.45, 2.75) is 38.3 Å². The van der Waals surface area contributed by atoms with Crippen LogP contribution in [0, 0.1) is 16.0 Å². The molecule has 1 unspecified atom stereocenters. The maximum Gasteiger partial charge on any atom is 0.324 e. The first-order chi connectivity index (χ1) is 9.72. The van der Waals surface area contributed by atoms with Crippen molar-refractivity contribution in [1.82, 2.24) is 10.2 Å². The summed E-state index contributed by atoms with van der Waals surface area (Å²) < 4.78 is 0. The Bertz CT molecular complexity index is 463. The van der Waals surface area contributed by atoms with Gasteiger partial charge in [-0.15, -0.1) is 0 Å². The molecule has 3 heterocycles. The van der Waals surface area contributed by atoms with Crippen molar-refractivity contribution in [3.05, 3.63) is 27.1 Å². The molecule has 5 nitrogen and oxygen atoms in total. The number of hydrogen-bond donors (Lipinski definition) is 1. The third-order valence-electron chi connectivity index (χ3n) is 4.51. The number of rotatable bonds is 4. The lowest BCUT2D eigenvalue weighted by Crippen LogP contribution is -2.40. The van der Waals surface area contributed by atoms with E-state index in [2.05, 4.69) is 10.2 Å². The Morgan fingerprint density at radius 2 is 2.15 bits per heavy atom. The molecule has 20 heavy (non-hydrogen) atoms. The van der Waals surface area contributed by atoms with E-state index in [1.807, 2.05) is 6.07 Å². The predicted molar refractivity (Wildman–Crippen MR) is 80.0 cm³/mol. The largest absolute Gasteiger partial charge is 0.324 e. The smallest absolute Gasteiger partial charge is 0.314 e. The highest BCUT2D eigenvalue weighted by molar-refractivity contribution is 7.15. The monoisotopic (exact) mass is 295 g/mol. The SMILES string of the molecule is O=[N+]([O-])c1ccc(CN2CCC(C3CCCN3)CC2)s1. The van der Waals surface area contributed by atoms with Gasteiger partial charge in [-0.05, 0) is 57.3 Å². The molecule has 0 aliphatic carbocycles. The number of piperidine rings is 1. The molecule has 2 aliphatic rings. The summed E-state index contributed by atoms with van der Waals surface area (Å²) in [6, 6.07) is 4.25. The highest BCUT2D eigenvalue weighted by atomic mass is 32.1. The van der Waals surface area contributed by atoms with Crippen LogP contribution >= 0.6 is 11.3 Å². The van der Waals surface area contributed by atoms with Crippen LogP contribution in [0.1, 0.15) is 30.6 Å². The number of nitro groups is 1. The summed E-state index contributed by atoms with van der Waals surface area (Å²) in [6.07, 6.45) is 5.17. The molecule has 6 heteroatoms. The third-order valence-corrected chi connectivity index (χ3v) is 5.53. The van der Waals surface area contributed by atoms with Crippen LogP contribution in [0.4, 0.5) is 5.00 Å². The average Bonchev–Trinajstić information content (AvgIpc) is 3.10. The van der Waals surface area contributed by atoms with Crippen LogP contribution < -0.4 is 5.32 Å². The van der Waals surface area contributed by atoms with Crippen LogP contribution in [0.2, 0.25) is 0 Å². The summed E-state index contributed by atoms with van der Waals surface area (Å²) in [7, 11) is 0. The minimum Gasteiger partial charge on any atom is -0.314 e. The molecule has 110 valence electrons. The fraction of sp³-hybridized carbons (Fsp3) is 0.714. The molecule has 0 saturated carbocycles. The first-order valence-corrected chi connectivity index (χ1v) is 8.23. The summed E-state index contributed by atoms with van der Waals surface area (Å²) >= 11 is 1.31. The zero-order valence-electron chi connectivity index (χ0n) is 11.6. The maximum absolute atomic E-state index is 10.7. The normalized spacial score (nSPS) is 25.1. The van der Waals surface area contributed by atoms with Gasteiger partial charge < -0.3 is 5.32 Å². The van der Waals surface area contributed by atoms with Crippen LogP contribution in [0.5, 0.6) is 0 Å². The van der Waals surface area contributed by atoms with Crippen LogP contribution in [0.25, 0.3) is 0 Å². The quantitative estimate of drug-likeness (QED) is 0.685. The summed E-state index contributed by atoms with van der Waals surface area (Å²) in [5, 5.41) is 14.6. The molecule has 0 radical (unpaired) electrons. The highest BCUT2D eigenvalue weighted by Crippen LogP contribution is 2.29. The Labute approximate surface area is 123 Å². The predicted octanol–water partition coefficient (Wildman–Crippen LogP) is 2.62. The zero-order chi connectivity index (χ0) is 13.9. The first-order valence-electron chi connectivity index (χ1n) is 7.41. The Morgan fingerprint density at radius 1 is 1.35 bits per heavy atom. The molecule has 1 atom stereocenters.